The van der Waals surface area contributed by atoms with E-state index in [0.29, 0.717) is 11.1 Å². The van der Waals surface area contributed by atoms with E-state index in [2.05, 4.69) is 0 Å². The molecule has 0 amide bonds. The Morgan fingerprint density at radius 1 is 0.762 bits per heavy atom. The quantitative estimate of drug-likeness (QED) is 0.488. The molecule has 0 atom stereocenters. The molecule has 3 rings (SSSR count). The predicted octanol–water partition coefficient (Wildman–Crippen LogP) is 4.96. The zero-order chi connectivity index (χ0) is 14.7. The van der Waals surface area contributed by atoms with E-state index < -0.39 is 0 Å². The van der Waals surface area contributed by atoms with Gasteiger partial charge in [0.25, 0.3) is 0 Å². The van der Waals surface area contributed by atoms with Crippen LogP contribution in [0.15, 0.2) is 60.7 Å². The van der Waals surface area contributed by atoms with Gasteiger partial charge in [0.1, 0.15) is 5.82 Å². The minimum atomic E-state index is -0.276. The number of hydrogen-bond acceptors (Lipinski definition) is 1. The highest BCUT2D eigenvalue weighted by Crippen LogP contribution is 2.24. The molecule has 0 aliphatic rings. The minimum absolute atomic E-state index is 0.276. The van der Waals surface area contributed by atoms with Crippen molar-refractivity contribution in [3.05, 3.63) is 83.2 Å². The van der Waals surface area contributed by atoms with Gasteiger partial charge in [0, 0.05) is 11.1 Å². The lowest BCUT2D eigenvalue weighted by atomic mass is 9.98. The Balaban J connectivity index is 2.15. The number of hydrogen-bond donors (Lipinski definition) is 0. The van der Waals surface area contributed by atoms with Crippen LogP contribution < -0.4 is 0 Å². The minimum Gasteiger partial charge on any atom is -0.298 e. The zero-order valence-corrected chi connectivity index (χ0v) is 11.3. The van der Waals surface area contributed by atoms with E-state index in [4.69, 9.17) is 0 Å². The third-order valence-corrected chi connectivity index (χ3v) is 3.47. The Morgan fingerprint density at radius 3 is 2.33 bits per heavy atom. The van der Waals surface area contributed by atoms with Crippen molar-refractivity contribution < 1.29 is 9.18 Å². The molecule has 102 valence electrons. The molecule has 0 aliphatic heterocycles. The molecule has 0 bridgehead atoms. The largest absolute Gasteiger partial charge is 0.298 e. The summed E-state index contributed by atoms with van der Waals surface area (Å²) in [6.07, 6.45) is 4.32. The molecular formula is C19H13FO. The topological polar surface area (TPSA) is 17.1 Å². The lowest BCUT2D eigenvalue weighted by molar-refractivity contribution is 0.112. The molecule has 3 aromatic carbocycles. The molecule has 2 heteroatoms. The fourth-order valence-electron chi connectivity index (χ4n) is 2.38. The van der Waals surface area contributed by atoms with Gasteiger partial charge in [-0.1, -0.05) is 66.7 Å². The van der Waals surface area contributed by atoms with Crippen LogP contribution in [-0.2, 0) is 0 Å². The maximum atomic E-state index is 13.7. The molecule has 0 N–H and O–H groups in total. The lowest BCUT2D eigenvalue weighted by Crippen LogP contribution is -1.88. The molecule has 0 spiro atoms. The molecule has 0 saturated heterocycles. The fraction of sp³-hybridized carbons (Fsp3) is 0. The second kappa shape index (κ2) is 5.71. The van der Waals surface area contributed by atoms with Gasteiger partial charge in [0.05, 0.1) is 0 Å². The zero-order valence-electron chi connectivity index (χ0n) is 11.3. The van der Waals surface area contributed by atoms with Gasteiger partial charge in [-0.2, -0.15) is 0 Å². The Bertz CT molecular complexity index is 834. The van der Waals surface area contributed by atoms with Crippen molar-refractivity contribution in [2.24, 2.45) is 0 Å². The first-order valence-electron chi connectivity index (χ1n) is 6.69. The second-order valence-electron chi connectivity index (χ2n) is 4.76. The summed E-state index contributed by atoms with van der Waals surface area (Å²) in [5.74, 6) is -0.276. The molecular weight excluding hydrogens is 263 g/mol. The normalized spacial score (nSPS) is 11.1. The predicted molar refractivity (Wildman–Crippen MR) is 84.7 cm³/mol. The van der Waals surface area contributed by atoms with Gasteiger partial charge in [-0.15, -0.1) is 0 Å². The molecule has 21 heavy (non-hydrogen) atoms. The van der Waals surface area contributed by atoms with Crippen LogP contribution in [0.2, 0.25) is 0 Å². The van der Waals surface area contributed by atoms with E-state index in [0.717, 1.165) is 22.6 Å². The third-order valence-electron chi connectivity index (χ3n) is 3.47. The Kier molecular flexibility index (Phi) is 3.61. The number of halogens is 1. The van der Waals surface area contributed by atoms with E-state index in [1.165, 1.54) is 6.07 Å². The number of benzene rings is 3. The highest BCUT2D eigenvalue weighted by molar-refractivity contribution is 5.99. The molecule has 1 nitrogen and oxygen atoms in total. The molecule has 3 aromatic rings. The van der Waals surface area contributed by atoms with E-state index in [-0.39, 0.29) is 5.82 Å². The van der Waals surface area contributed by atoms with Crippen LogP contribution in [0.1, 0.15) is 21.5 Å². The number of carbonyl (C=O) groups is 1. The Labute approximate surface area is 122 Å². The van der Waals surface area contributed by atoms with Gasteiger partial charge < -0.3 is 0 Å². The molecule has 0 fully saturated rings. The number of aldehydes is 1. The highest BCUT2D eigenvalue weighted by atomic mass is 19.1. The summed E-state index contributed by atoms with van der Waals surface area (Å²) in [6.45, 7) is 0. The summed E-state index contributed by atoms with van der Waals surface area (Å²) in [6, 6.07) is 18.1. The van der Waals surface area contributed by atoms with Crippen molar-refractivity contribution in [2.75, 3.05) is 0 Å². The van der Waals surface area contributed by atoms with Crippen LogP contribution in [0, 0.1) is 5.82 Å². The molecule has 0 unspecified atom stereocenters. The molecule has 0 aliphatic carbocycles. The molecule has 0 radical (unpaired) electrons. The molecule has 0 saturated carbocycles. The van der Waals surface area contributed by atoms with Crippen LogP contribution in [-0.4, -0.2) is 6.29 Å². The SMILES string of the molecule is O=Cc1ccc2ccccc2c1/C=C\c1ccccc1F. The van der Waals surface area contributed by atoms with Gasteiger partial charge in [-0.25, -0.2) is 4.39 Å². The fourth-order valence-corrected chi connectivity index (χ4v) is 2.38. The maximum Gasteiger partial charge on any atom is 0.150 e. The van der Waals surface area contributed by atoms with Crippen LogP contribution in [0.5, 0.6) is 0 Å². The van der Waals surface area contributed by atoms with Crippen molar-refractivity contribution in [2.45, 2.75) is 0 Å². The summed E-state index contributed by atoms with van der Waals surface area (Å²) >= 11 is 0. The summed E-state index contributed by atoms with van der Waals surface area (Å²) in [4.78, 5) is 11.2. The first-order chi connectivity index (χ1) is 10.3. The standard InChI is InChI=1S/C19H13FO/c20-19-8-4-2-6-15(19)11-12-18-16(13-21)10-9-14-5-1-3-7-17(14)18/h1-13H/b12-11-. The summed E-state index contributed by atoms with van der Waals surface area (Å²) in [5.41, 5.74) is 1.91. The van der Waals surface area contributed by atoms with Gasteiger partial charge in [-0.3, -0.25) is 4.79 Å². The second-order valence-corrected chi connectivity index (χ2v) is 4.76. The van der Waals surface area contributed by atoms with Crippen molar-refractivity contribution in [3.63, 3.8) is 0 Å². The van der Waals surface area contributed by atoms with E-state index in [1.807, 2.05) is 30.3 Å². The number of carbonyl (C=O) groups excluding carboxylic acids is 1. The van der Waals surface area contributed by atoms with Crippen molar-refractivity contribution >= 4 is 29.2 Å². The van der Waals surface area contributed by atoms with Crippen LogP contribution in [0.25, 0.3) is 22.9 Å². The van der Waals surface area contributed by atoms with Gasteiger partial charge in [0.15, 0.2) is 6.29 Å². The van der Waals surface area contributed by atoms with Crippen molar-refractivity contribution in [1.82, 2.24) is 0 Å². The average Bonchev–Trinajstić information content (AvgIpc) is 2.53. The van der Waals surface area contributed by atoms with E-state index >= 15 is 0 Å². The number of rotatable bonds is 3. The first kappa shape index (κ1) is 13.3. The van der Waals surface area contributed by atoms with Crippen molar-refractivity contribution in [3.8, 4) is 0 Å². The maximum absolute atomic E-state index is 13.7. The number of fused-ring (bicyclic) bond motifs is 1. The molecule has 0 aromatic heterocycles. The summed E-state index contributed by atoms with van der Waals surface area (Å²) in [5, 5.41) is 2.03. The van der Waals surface area contributed by atoms with Crippen LogP contribution >= 0.6 is 0 Å². The van der Waals surface area contributed by atoms with Crippen LogP contribution in [0.4, 0.5) is 4.39 Å². The Morgan fingerprint density at radius 2 is 1.52 bits per heavy atom. The van der Waals surface area contributed by atoms with Gasteiger partial charge in [-0.05, 0) is 22.4 Å². The monoisotopic (exact) mass is 276 g/mol. The molecule has 0 heterocycles. The summed E-state index contributed by atoms with van der Waals surface area (Å²) in [7, 11) is 0. The van der Waals surface area contributed by atoms with E-state index in [9.17, 15) is 9.18 Å². The van der Waals surface area contributed by atoms with Crippen LogP contribution in [0.3, 0.4) is 0 Å². The highest BCUT2D eigenvalue weighted by Gasteiger charge is 2.04. The average molecular weight is 276 g/mol. The first-order valence-corrected chi connectivity index (χ1v) is 6.69. The van der Waals surface area contributed by atoms with Crippen molar-refractivity contribution in [1.29, 1.82) is 0 Å². The lowest BCUT2D eigenvalue weighted by Gasteiger charge is -2.05. The summed E-state index contributed by atoms with van der Waals surface area (Å²) < 4.78 is 13.7. The van der Waals surface area contributed by atoms with Gasteiger partial charge >= 0.3 is 0 Å². The Hall–Kier alpha value is -2.74. The van der Waals surface area contributed by atoms with E-state index in [1.54, 1.807) is 36.4 Å². The van der Waals surface area contributed by atoms with Gasteiger partial charge in [0.2, 0.25) is 0 Å². The third kappa shape index (κ3) is 2.61. The smallest absolute Gasteiger partial charge is 0.150 e.